The zero-order chi connectivity index (χ0) is 16.4. The van der Waals surface area contributed by atoms with Crippen molar-refractivity contribution < 1.29 is 14.7 Å². The molecule has 1 saturated heterocycles. The number of aromatic hydroxyl groups is 1. The van der Waals surface area contributed by atoms with Crippen LogP contribution in [-0.2, 0) is 11.3 Å². The van der Waals surface area contributed by atoms with E-state index < -0.39 is 0 Å². The average molecular weight is 325 g/mol. The third kappa shape index (κ3) is 3.29. The minimum Gasteiger partial charge on any atom is -0.507 e. The van der Waals surface area contributed by atoms with E-state index in [0.717, 1.165) is 22.9 Å². The van der Waals surface area contributed by atoms with Gasteiger partial charge in [-0.3, -0.25) is 14.5 Å². The molecule has 1 fully saturated rings. The summed E-state index contributed by atoms with van der Waals surface area (Å²) in [5.41, 5.74) is 2.40. The summed E-state index contributed by atoms with van der Waals surface area (Å²) in [5.74, 6) is -0.241. The predicted octanol–water partition coefficient (Wildman–Crippen LogP) is 3.94. The molecule has 5 heteroatoms. The van der Waals surface area contributed by atoms with Crippen LogP contribution >= 0.6 is 11.8 Å². The number of nitrogens with zero attached hydrogens (tertiary/aromatic N) is 1. The van der Waals surface area contributed by atoms with Gasteiger partial charge < -0.3 is 5.11 Å². The van der Waals surface area contributed by atoms with Crippen LogP contribution < -0.4 is 0 Å². The van der Waals surface area contributed by atoms with Crippen LogP contribution in [0.15, 0.2) is 53.4 Å². The zero-order valence-corrected chi connectivity index (χ0v) is 13.3. The maximum atomic E-state index is 12.5. The lowest BCUT2D eigenvalue weighted by Crippen LogP contribution is -2.27. The molecule has 116 valence electrons. The van der Waals surface area contributed by atoms with Gasteiger partial charge in [-0.05, 0) is 42.5 Å². The number of carbonyl (C=O) groups is 2. The first-order chi connectivity index (χ1) is 11.0. The predicted molar refractivity (Wildman–Crippen MR) is 90.8 cm³/mol. The minimum atomic E-state index is -0.329. The summed E-state index contributed by atoms with van der Waals surface area (Å²) >= 11 is 0.898. The fraction of sp³-hybridized carbons (Fsp3) is 0.111. The first-order valence-corrected chi connectivity index (χ1v) is 7.95. The molecule has 1 N–H and O–H groups in total. The van der Waals surface area contributed by atoms with E-state index in [1.54, 1.807) is 24.3 Å². The van der Waals surface area contributed by atoms with Crippen LogP contribution in [0.25, 0.3) is 6.08 Å². The normalized spacial score (nSPS) is 16.4. The second kappa shape index (κ2) is 6.30. The van der Waals surface area contributed by atoms with E-state index >= 15 is 0 Å². The van der Waals surface area contributed by atoms with Crippen LogP contribution in [-0.4, -0.2) is 21.2 Å². The second-order valence-corrected chi connectivity index (χ2v) is 6.31. The standard InChI is InChI=1S/C18H15NO3S/c1-12-7-8-15(20)14(9-12)10-16-17(21)19(18(22)23-16)11-13-5-3-2-4-6-13/h2-10,20H,11H2,1H3/b16-10-. The number of aryl methyl sites for hydroxylation is 1. The van der Waals surface area contributed by atoms with Crippen LogP contribution in [0.3, 0.4) is 0 Å². The van der Waals surface area contributed by atoms with E-state index in [-0.39, 0.29) is 23.4 Å². The topological polar surface area (TPSA) is 57.6 Å². The number of hydrogen-bond donors (Lipinski definition) is 1. The maximum absolute atomic E-state index is 12.5. The van der Waals surface area contributed by atoms with Gasteiger partial charge in [0.05, 0.1) is 11.4 Å². The fourth-order valence-corrected chi connectivity index (χ4v) is 3.16. The van der Waals surface area contributed by atoms with Gasteiger partial charge in [-0.25, -0.2) is 0 Å². The summed E-state index contributed by atoms with van der Waals surface area (Å²) in [5, 5.41) is 9.59. The lowest BCUT2D eigenvalue weighted by Gasteiger charge is -2.12. The van der Waals surface area contributed by atoms with Gasteiger partial charge in [-0.15, -0.1) is 0 Å². The Kier molecular flexibility index (Phi) is 4.21. The van der Waals surface area contributed by atoms with Gasteiger partial charge in [0.2, 0.25) is 0 Å². The van der Waals surface area contributed by atoms with Crippen LogP contribution in [0.1, 0.15) is 16.7 Å². The molecule has 1 heterocycles. The minimum absolute atomic E-state index is 0.0884. The molecule has 0 unspecified atom stereocenters. The molecular formula is C18H15NO3S. The van der Waals surface area contributed by atoms with Gasteiger partial charge >= 0.3 is 0 Å². The Hall–Kier alpha value is -2.53. The van der Waals surface area contributed by atoms with Gasteiger partial charge in [-0.2, -0.15) is 0 Å². The van der Waals surface area contributed by atoms with Crippen molar-refractivity contribution in [2.75, 3.05) is 0 Å². The molecule has 2 aromatic rings. The largest absolute Gasteiger partial charge is 0.507 e. The van der Waals surface area contributed by atoms with Gasteiger partial charge in [0, 0.05) is 5.56 Å². The summed E-state index contributed by atoms with van der Waals surface area (Å²) in [6, 6.07) is 14.5. The highest BCUT2D eigenvalue weighted by atomic mass is 32.2. The Labute approximate surface area is 138 Å². The molecule has 23 heavy (non-hydrogen) atoms. The van der Waals surface area contributed by atoms with Gasteiger partial charge in [0.1, 0.15) is 5.75 Å². The maximum Gasteiger partial charge on any atom is 0.293 e. The van der Waals surface area contributed by atoms with Crippen molar-refractivity contribution in [1.29, 1.82) is 0 Å². The molecule has 0 radical (unpaired) electrons. The quantitative estimate of drug-likeness (QED) is 0.869. The van der Waals surface area contributed by atoms with Crippen LogP contribution in [0.2, 0.25) is 0 Å². The van der Waals surface area contributed by atoms with E-state index in [0.29, 0.717) is 10.5 Å². The first kappa shape index (κ1) is 15.4. The summed E-state index contributed by atoms with van der Waals surface area (Å²) in [7, 11) is 0. The number of phenolic OH excluding ortho intramolecular Hbond substituents is 1. The van der Waals surface area contributed by atoms with E-state index in [4.69, 9.17) is 0 Å². The number of imide groups is 1. The van der Waals surface area contributed by atoms with Gasteiger partial charge in [0.25, 0.3) is 11.1 Å². The summed E-state index contributed by atoms with van der Waals surface area (Å²) < 4.78 is 0. The molecule has 4 nitrogen and oxygen atoms in total. The summed E-state index contributed by atoms with van der Waals surface area (Å²) in [6.07, 6.45) is 1.57. The Bertz CT molecular complexity index is 799. The summed E-state index contributed by atoms with van der Waals surface area (Å²) in [4.78, 5) is 26.1. The third-order valence-corrected chi connectivity index (χ3v) is 4.43. The highest BCUT2D eigenvalue weighted by Gasteiger charge is 2.35. The number of rotatable bonds is 3. The fourth-order valence-electron chi connectivity index (χ4n) is 2.33. The molecule has 0 saturated carbocycles. The second-order valence-electron chi connectivity index (χ2n) is 5.32. The Morgan fingerprint density at radius 1 is 1.13 bits per heavy atom. The molecule has 0 aromatic heterocycles. The van der Waals surface area contributed by atoms with Crippen molar-refractivity contribution in [3.8, 4) is 5.75 Å². The number of thioether (sulfide) groups is 1. The van der Waals surface area contributed by atoms with Crippen molar-refractivity contribution in [1.82, 2.24) is 4.90 Å². The van der Waals surface area contributed by atoms with Crippen molar-refractivity contribution in [3.05, 3.63) is 70.1 Å². The molecule has 0 aliphatic carbocycles. The van der Waals surface area contributed by atoms with E-state index in [1.807, 2.05) is 37.3 Å². The zero-order valence-electron chi connectivity index (χ0n) is 12.5. The first-order valence-electron chi connectivity index (χ1n) is 7.13. The van der Waals surface area contributed by atoms with E-state index in [2.05, 4.69) is 0 Å². The number of amides is 2. The van der Waals surface area contributed by atoms with Crippen LogP contribution in [0.4, 0.5) is 4.79 Å². The molecule has 1 aliphatic rings. The van der Waals surface area contributed by atoms with Crippen molar-refractivity contribution in [3.63, 3.8) is 0 Å². The van der Waals surface area contributed by atoms with Gasteiger partial charge in [0.15, 0.2) is 0 Å². The van der Waals surface area contributed by atoms with Gasteiger partial charge in [-0.1, -0.05) is 42.0 Å². The molecule has 0 bridgehead atoms. The lowest BCUT2D eigenvalue weighted by molar-refractivity contribution is -0.123. The number of benzene rings is 2. The highest BCUT2D eigenvalue weighted by Crippen LogP contribution is 2.34. The Morgan fingerprint density at radius 3 is 2.61 bits per heavy atom. The number of phenols is 1. The molecule has 2 aromatic carbocycles. The summed E-state index contributed by atoms with van der Waals surface area (Å²) in [6.45, 7) is 2.15. The lowest BCUT2D eigenvalue weighted by atomic mass is 10.1. The van der Waals surface area contributed by atoms with E-state index in [1.165, 1.54) is 4.90 Å². The monoisotopic (exact) mass is 325 g/mol. The van der Waals surface area contributed by atoms with Crippen molar-refractivity contribution in [2.24, 2.45) is 0 Å². The van der Waals surface area contributed by atoms with Crippen LogP contribution in [0, 0.1) is 6.92 Å². The molecule has 0 atom stereocenters. The average Bonchev–Trinajstić information content (AvgIpc) is 2.80. The number of hydrogen-bond acceptors (Lipinski definition) is 4. The molecule has 3 rings (SSSR count). The highest BCUT2D eigenvalue weighted by molar-refractivity contribution is 8.18. The smallest absolute Gasteiger partial charge is 0.293 e. The molecular weight excluding hydrogens is 310 g/mol. The third-order valence-electron chi connectivity index (χ3n) is 3.53. The Balaban J connectivity index is 1.86. The molecule has 0 spiro atoms. The Morgan fingerprint density at radius 2 is 1.87 bits per heavy atom. The SMILES string of the molecule is Cc1ccc(O)c(/C=C2\SC(=O)N(Cc3ccccc3)C2=O)c1. The molecule has 2 amide bonds. The molecule has 1 aliphatic heterocycles. The van der Waals surface area contributed by atoms with Crippen molar-refractivity contribution in [2.45, 2.75) is 13.5 Å². The van der Waals surface area contributed by atoms with E-state index in [9.17, 15) is 14.7 Å². The van der Waals surface area contributed by atoms with Crippen molar-refractivity contribution >= 4 is 29.0 Å². The van der Waals surface area contributed by atoms with Crippen LogP contribution in [0.5, 0.6) is 5.75 Å². The number of carbonyl (C=O) groups excluding carboxylic acids is 2.